The van der Waals surface area contributed by atoms with Crippen LogP contribution >= 0.6 is 0 Å². The van der Waals surface area contributed by atoms with Crippen LogP contribution in [0.1, 0.15) is 25.0 Å². The molecule has 2 rings (SSSR count). The molecule has 0 spiro atoms. The molecular weight excluding hydrogens is 232 g/mol. The van der Waals surface area contributed by atoms with E-state index in [1.165, 1.54) is 36.9 Å². The van der Waals surface area contributed by atoms with E-state index in [9.17, 15) is 9.59 Å². The lowest BCUT2D eigenvalue weighted by Crippen LogP contribution is -2.44. The van der Waals surface area contributed by atoms with Crippen molar-refractivity contribution in [2.24, 2.45) is 14.1 Å². The summed E-state index contributed by atoms with van der Waals surface area (Å²) in [5.74, 6) is 0. The van der Waals surface area contributed by atoms with Gasteiger partial charge in [-0.15, -0.1) is 0 Å². The molecule has 1 aromatic heterocycles. The van der Waals surface area contributed by atoms with E-state index in [0.717, 1.165) is 17.7 Å². The molecule has 0 amide bonds. The molecule has 1 aliphatic heterocycles. The van der Waals surface area contributed by atoms with E-state index in [0.29, 0.717) is 12.2 Å². The van der Waals surface area contributed by atoms with Gasteiger partial charge in [0.05, 0.1) is 6.54 Å². The van der Waals surface area contributed by atoms with Crippen LogP contribution < -0.4 is 16.7 Å². The molecule has 1 fully saturated rings. The van der Waals surface area contributed by atoms with Crippen LogP contribution in [0.3, 0.4) is 0 Å². The average molecular weight is 252 g/mol. The van der Waals surface area contributed by atoms with Crippen molar-refractivity contribution in [2.75, 3.05) is 13.1 Å². The molecule has 100 valence electrons. The van der Waals surface area contributed by atoms with Crippen molar-refractivity contribution in [2.45, 2.75) is 25.8 Å². The third-order valence-electron chi connectivity index (χ3n) is 3.47. The summed E-state index contributed by atoms with van der Waals surface area (Å²) in [6.07, 6.45) is 3.67. The Kier molecular flexibility index (Phi) is 3.98. The minimum Gasteiger partial charge on any atom is -0.299 e. The van der Waals surface area contributed by atoms with Gasteiger partial charge in [0, 0.05) is 38.9 Å². The van der Waals surface area contributed by atoms with Gasteiger partial charge in [0.15, 0.2) is 0 Å². The summed E-state index contributed by atoms with van der Waals surface area (Å²) in [6, 6.07) is 1.51. The summed E-state index contributed by atoms with van der Waals surface area (Å²) in [4.78, 5) is 23.3. The van der Waals surface area contributed by atoms with Gasteiger partial charge in [-0.1, -0.05) is 6.42 Å². The van der Waals surface area contributed by atoms with E-state index in [4.69, 9.17) is 0 Å². The maximum atomic E-state index is 11.7. The molecule has 18 heavy (non-hydrogen) atoms. The van der Waals surface area contributed by atoms with E-state index in [1.54, 1.807) is 7.05 Å². The molecule has 0 aromatic carbocycles. The van der Waals surface area contributed by atoms with E-state index < -0.39 is 0 Å². The van der Waals surface area contributed by atoms with Gasteiger partial charge in [0.1, 0.15) is 0 Å². The predicted octanol–water partition coefficient (Wildman–Crippen LogP) is -0.425. The quantitative estimate of drug-likeness (QED) is 0.793. The fourth-order valence-corrected chi connectivity index (χ4v) is 2.19. The first-order valence-corrected chi connectivity index (χ1v) is 6.34. The number of hydrogen-bond donors (Lipinski definition) is 1. The Balaban J connectivity index is 2.10. The highest BCUT2D eigenvalue weighted by molar-refractivity contribution is 5.01. The summed E-state index contributed by atoms with van der Waals surface area (Å²) < 4.78 is 2.63. The topological polar surface area (TPSA) is 59.3 Å². The molecule has 0 bridgehead atoms. The summed E-state index contributed by atoms with van der Waals surface area (Å²) in [7, 11) is 3.18. The van der Waals surface area contributed by atoms with Crippen molar-refractivity contribution in [3.05, 3.63) is 32.6 Å². The first kappa shape index (κ1) is 13.0. The SMILES string of the molecule is Cn1c(CNN2CCCCC2)cc(=O)n(C)c1=O. The number of nitrogens with zero attached hydrogens (tertiary/aromatic N) is 3. The van der Waals surface area contributed by atoms with Crippen LogP contribution in [-0.2, 0) is 20.6 Å². The highest BCUT2D eigenvalue weighted by Gasteiger charge is 2.11. The zero-order chi connectivity index (χ0) is 13.1. The lowest BCUT2D eigenvalue weighted by Gasteiger charge is -2.27. The van der Waals surface area contributed by atoms with Crippen LogP contribution in [0.5, 0.6) is 0 Å². The van der Waals surface area contributed by atoms with Gasteiger partial charge in [-0.25, -0.2) is 15.2 Å². The van der Waals surface area contributed by atoms with Crippen molar-refractivity contribution in [1.29, 1.82) is 0 Å². The highest BCUT2D eigenvalue weighted by atomic mass is 16.2. The Bertz CT molecular complexity index is 526. The highest BCUT2D eigenvalue weighted by Crippen LogP contribution is 2.06. The van der Waals surface area contributed by atoms with Crippen LogP contribution in [0, 0.1) is 0 Å². The summed E-state index contributed by atoms with van der Waals surface area (Å²) in [5, 5.41) is 2.16. The fraction of sp³-hybridized carbons (Fsp3) is 0.667. The van der Waals surface area contributed by atoms with Crippen LogP contribution in [0.15, 0.2) is 15.7 Å². The molecule has 1 N–H and O–H groups in total. The Morgan fingerprint density at radius 3 is 2.44 bits per heavy atom. The molecule has 0 saturated carbocycles. The molecule has 2 heterocycles. The maximum Gasteiger partial charge on any atom is 0.330 e. The van der Waals surface area contributed by atoms with Gasteiger partial charge in [0.25, 0.3) is 5.56 Å². The first-order chi connectivity index (χ1) is 8.59. The second-order valence-electron chi connectivity index (χ2n) is 4.76. The third-order valence-corrected chi connectivity index (χ3v) is 3.47. The van der Waals surface area contributed by atoms with Crippen LogP contribution in [0.2, 0.25) is 0 Å². The summed E-state index contributed by atoms with van der Waals surface area (Å²) >= 11 is 0. The van der Waals surface area contributed by atoms with Gasteiger partial charge in [-0.3, -0.25) is 13.9 Å². The van der Waals surface area contributed by atoms with Crippen molar-refractivity contribution in [3.8, 4) is 0 Å². The van der Waals surface area contributed by atoms with Crippen molar-refractivity contribution in [1.82, 2.24) is 19.6 Å². The van der Waals surface area contributed by atoms with Gasteiger partial charge in [-0.2, -0.15) is 0 Å². The van der Waals surface area contributed by atoms with Crippen LogP contribution in [0.25, 0.3) is 0 Å². The second-order valence-corrected chi connectivity index (χ2v) is 4.76. The molecular formula is C12H20N4O2. The molecule has 1 saturated heterocycles. The van der Waals surface area contributed by atoms with Crippen molar-refractivity contribution >= 4 is 0 Å². The number of piperidine rings is 1. The van der Waals surface area contributed by atoms with Gasteiger partial charge in [0.2, 0.25) is 0 Å². The molecule has 6 heteroatoms. The van der Waals surface area contributed by atoms with Gasteiger partial charge < -0.3 is 0 Å². The average Bonchev–Trinajstić information content (AvgIpc) is 2.40. The summed E-state index contributed by atoms with van der Waals surface area (Å²) in [5.41, 5.74) is 3.46. The number of nitrogens with one attached hydrogen (secondary N) is 1. The van der Waals surface area contributed by atoms with E-state index in [2.05, 4.69) is 10.4 Å². The second kappa shape index (κ2) is 5.49. The normalized spacial score (nSPS) is 17.0. The zero-order valence-corrected chi connectivity index (χ0v) is 11.0. The molecule has 1 aliphatic rings. The van der Waals surface area contributed by atoms with Crippen LogP contribution in [-0.4, -0.2) is 27.2 Å². The third kappa shape index (κ3) is 2.70. The monoisotopic (exact) mass is 252 g/mol. The van der Waals surface area contributed by atoms with Crippen molar-refractivity contribution < 1.29 is 0 Å². The lowest BCUT2D eigenvalue weighted by atomic mass is 10.2. The lowest BCUT2D eigenvalue weighted by molar-refractivity contribution is 0.149. The molecule has 0 unspecified atom stereocenters. The first-order valence-electron chi connectivity index (χ1n) is 6.34. The maximum absolute atomic E-state index is 11.7. The number of hydrazine groups is 1. The standard InChI is InChI=1S/C12H20N4O2/c1-14-10(8-11(17)15(2)12(14)18)9-13-16-6-4-3-5-7-16/h8,13H,3-7,9H2,1-2H3. The largest absolute Gasteiger partial charge is 0.330 e. The minimum atomic E-state index is -0.280. The molecule has 0 aliphatic carbocycles. The Morgan fingerprint density at radius 2 is 1.78 bits per heavy atom. The van der Waals surface area contributed by atoms with E-state index >= 15 is 0 Å². The van der Waals surface area contributed by atoms with E-state index in [-0.39, 0.29) is 11.2 Å². The predicted molar refractivity (Wildman–Crippen MR) is 69.2 cm³/mol. The molecule has 1 aromatic rings. The smallest absolute Gasteiger partial charge is 0.299 e. The Morgan fingerprint density at radius 1 is 1.11 bits per heavy atom. The van der Waals surface area contributed by atoms with Gasteiger partial charge in [-0.05, 0) is 12.8 Å². The molecule has 0 atom stereocenters. The minimum absolute atomic E-state index is 0.256. The van der Waals surface area contributed by atoms with Crippen molar-refractivity contribution in [3.63, 3.8) is 0 Å². The number of rotatable bonds is 3. The fourth-order valence-electron chi connectivity index (χ4n) is 2.19. The van der Waals surface area contributed by atoms with Crippen LogP contribution in [0.4, 0.5) is 0 Å². The van der Waals surface area contributed by atoms with E-state index in [1.807, 2.05) is 0 Å². The van der Waals surface area contributed by atoms with Gasteiger partial charge >= 0.3 is 5.69 Å². The number of aromatic nitrogens is 2. The Labute approximate surface area is 106 Å². The Hall–Kier alpha value is -1.40. The molecule has 6 nitrogen and oxygen atoms in total. The zero-order valence-electron chi connectivity index (χ0n) is 11.0. The number of hydrogen-bond acceptors (Lipinski definition) is 4. The molecule has 0 radical (unpaired) electrons. The summed E-state index contributed by atoms with van der Waals surface area (Å²) in [6.45, 7) is 2.57.